The van der Waals surface area contributed by atoms with E-state index in [1.165, 1.54) is 0 Å². The fraction of sp³-hybridized carbons (Fsp3) is 0.200. The van der Waals surface area contributed by atoms with Crippen LogP contribution in [0.2, 0.25) is 0 Å². The fourth-order valence-electron chi connectivity index (χ4n) is 1.17. The van der Waals surface area contributed by atoms with Gasteiger partial charge in [-0.25, -0.2) is 4.39 Å². The lowest BCUT2D eigenvalue weighted by molar-refractivity contribution is 0.607. The first kappa shape index (κ1) is 21.1. The summed E-state index contributed by atoms with van der Waals surface area (Å²) >= 11 is 2.16. The summed E-state index contributed by atoms with van der Waals surface area (Å²) < 4.78 is 13.9. The van der Waals surface area contributed by atoms with Crippen molar-refractivity contribution in [2.24, 2.45) is 11.5 Å². The maximum Gasteiger partial charge on any atom is 0.151 e. The number of rotatable bonds is 4. The Morgan fingerprint density at radius 1 is 1.00 bits per heavy atom. The van der Waals surface area contributed by atoms with Crippen molar-refractivity contribution in [3.05, 3.63) is 35.1 Å². The molecule has 0 atom stereocenters. The van der Waals surface area contributed by atoms with E-state index in [-0.39, 0.29) is 50.1 Å². The summed E-state index contributed by atoms with van der Waals surface area (Å²) in [6.07, 6.45) is 0. The summed E-state index contributed by atoms with van der Waals surface area (Å²) in [5.74, 6) is 0.356. The van der Waals surface area contributed by atoms with Crippen LogP contribution in [0.15, 0.2) is 18.2 Å². The second kappa shape index (κ2) is 10.5. The number of halogens is 3. The number of benzene rings is 1. The average molecular weight is 434 g/mol. The van der Waals surface area contributed by atoms with Gasteiger partial charge in [0.1, 0.15) is 5.82 Å². The largest absolute Gasteiger partial charge is 0.379 e. The van der Waals surface area contributed by atoms with E-state index < -0.39 is 0 Å². The Bertz CT molecular complexity index is 409. The van der Waals surface area contributed by atoms with Crippen molar-refractivity contribution < 1.29 is 4.39 Å². The first-order valence-electron chi connectivity index (χ1n) is 4.70. The lowest BCUT2D eigenvalue weighted by Crippen LogP contribution is -2.06. The highest BCUT2D eigenvalue weighted by atomic mass is 79.9. The van der Waals surface area contributed by atoms with Crippen LogP contribution in [0.4, 0.5) is 4.39 Å². The van der Waals surface area contributed by atoms with Crippen LogP contribution in [-0.4, -0.2) is 10.3 Å². The molecule has 0 unspecified atom stereocenters. The van der Waals surface area contributed by atoms with Crippen LogP contribution in [0.1, 0.15) is 11.1 Å². The molecule has 0 saturated carbocycles. The van der Waals surface area contributed by atoms with Gasteiger partial charge in [-0.3, -0.25) is 10.8 Å². The standard InChI is InChI=1S/C10H13FN4S2.2BrH/c11-8-6(4-16-9(12)13)2-1-3-7(8)5-17-10(14)15;;/h1-3H,4-5H2,(H3,12,13)(H3,14,15);2*1H. The summed E-state index contributed by atoms with van der Waals surface area (Å²) in [6, 6.07) is 5.07. The second-order valence-electron chi connectivity index (χ2n) is 3.20. The second-order valence-corrected chi connectivity index (χ2v) is 5.23. The lowest BCUT2D eigenvalue weighted by Gasteiger charge is -2.07. The molecule has 0 aliphatic rings. The van der Waals surface area contributed by atoms with Gasteiger partial charge in [0.15, 0.2) is 10.3 Å². The predicted molar refractivity (Wildman–Crippen MR) is 93.5 cm³/mol. The minimum atomic E-state index is -0.310. The van der Waals surface area contributed by atoms with E-state index >= 15 is 0 Å². The first-order chi connectivity index (χ1) is 8.00. The Balaban J connectivity index is 0. The van der Waals surface area contributed by atoms with Crippen molar-refractivity contribution in [1.29, 1.82) is 10.8 Å². The smallest absolute Gasteiger partial charge is 0.151 e. The predicted octanol–water partition coefficient (Wildman–Crippen LogP) is 3.23. The summed E-state index contributed by atoms with van der Waals surface area (Å²) in [5.41, 5.74) is 11.4. The molecule has 0 fully saturated rings. The number of nitrogens with two attached hydrogens (primary N) is 2. The normalized spacial score (nSPS) is 9.11. The molecule has 0 aromatic heterocycles. The summed E-state index contributed by atoms with van der Waals surface area (Å²) in [7, 11) is 0. The van der Waals surface area contributed by atoms with Crippen LogP contribution in [0.3, 0.4) is 0 Å². The Kier molecular flexibility index (Phi) is 11.7. The summed E-state index contributed by atoms with van der Waals surface area (Å²) in [5, 5.41) is 14.1. The molecule has 0 heterocycles. The highest BCUT2D eigenvalue weighted by molar-refractivity contribution is 8.93. The van der Waals surface area contributed by atoms with Crippen molar-refractivity contribution in [2.45, 2.75) is 11.5 Å². The lowest BCUT2D eigenvalue weighted by atomic mass is 10.1. The third kappa shape index (κ3) is 7.81. The van der Waals surface area contributed by atoms with Gasteiger partial charge in [0.2, 0.25) is 0 Å². The average Bonchev–Trinajstić information content (AvgIpc) is 2.25. The molecule has 6 N–H and O–H groups in total. The summed E-state index contributed by atoms with van der Waals surface area (Å²) in [6.45, 7) is 0. The molecule has 0 spiro atoms. The molecule has 0 radical (unpaired) electrons. The van der Waals surface area contributed by atoms with Gasteiger partial charge < -0.3 is 11.5 Å². The Morgan fingerprint density at radius 3 is 1.68 bits per heavy atom. The van der Waals surface area contributed by atoms with Gasteiger partial charge in [-0.2, -0.15) is 0 Å². The number of hydrogen-bond donors (Lipinski definition) is 4. The fourth-order valence-corrected chi connectivity index (χ4v) is 2.23. The number of thioether (sulfide) groups is 2. The van der Waals surface area contributed by atoms with E-state index in [0.717, 1.165) is 23.5 Å². The van der Waals surface area contributed by atoms with Crippen molar-refractivity contribution in [3.8, 4) is 0 Å². The Labute approximate surface area is 140 Å². The van der Waals surface area contributed by atoms with Gasteiger partial charge in [-0.05, 0) is 11.1 Å². The quantitative estimate of drug-likeness (QED) is 0.432. The van der Waals surface area contributed by atoms with Crippen molar-refractivity contribution in [3.63, 3.8) is 0 Å². The third-order valence-corrected chi connectivity index (χ3v) is 3.46. The number of nitrogens with one attached hydrogen (secondary N) is 2. The monoisotopic (exact) mass is 432 g/mol. The van der Waals surface area contributed by atoms with Gasteiger partial charge in [-0.1, -0.05) is 41.7 Å². The van der Waals surface area contributed by atoms with Crippen molar-refractivity contribution in [2.75, 3.05) is 0 Å². The Hall–Kier alpha value is -0.250. The third-order valence-electron chi connectivity index (χ3n) is 1.93. The SMILES string of the molecule is Br.Br.N=C(N)SCc1cccc(CSC(=N)N)c1F. The Morgan fingerprint density at radius 2 is 1.37 bits per heavy atom. The van der Waals surface area contributed by atoms with Crippen LogP contribution in [-0.2, 0) is 11.5 Å². The van der Waals surface area contributed by atoms with E-state index in [9.17, 15) is 4.39 Å². The van der Waals surface area contributed by atoms with Crippen LogP contribution in [0, 0.1) is 16.6 Å². The number of amidine groups is 2. The molecule has 0 saturated heterocycles. The van der Waals surface area contributed by atoms with Crippen molar-refractivity contribution in [1.82, 2.24) is 0 Å². The van der Waals surface area contributed by atoms with Crippen LogP contribution in [0.25, 0.3) is 0 Å². The van der Waals surface area contributed by atoms with Gasteiger partial charge in [-0.15, -0.1) is 34.0 Å². The molecule has 4 nitrogen and oxygen atoms in total. The highest BCUT2D eigenvalue weighted by Gasteiger charge is 2.09. The molecular formula is C10H15Br2FN4S2. The molecule has 0 bridgehead atoms. The topological polar surface area (TPSA) is 99.7 Å². The zero-order valence-corrected chi connectivity index (χ0v) is 14.9. The molecule has 0 aliphatic carbocycles. The maximum absolute atomic E-state index is 13.9. The van der Waals surface area contributed by atoms with E-state index in [1.807, 2.05) is 0 Å². The molecular weight excluding hydrogens is 419 g/mol. The molecule has 108 valence electrons. The van der Waals surface area contributed by atoms with Gasteiger partial charge in [0.05, 0.1) is 0 Å². The maximum atomic E-state index is 13.9. The highest BCUT2D eigenvalue weighted by Crippen LogP contribution is 2.21. The zero-order valence-electron chi connectivity index (χ0n) is 9.81. The van der Waals surface area contributed by atoms with E-state index in [1.54, 1.807) is 18.2 Å². The summed E-state index contributed by atoms with van der Waals surface area (Å²) in [4.78, 5) is 0. The van der Waals surface area contributed by atoms with Gasteiger partial charge in [0.25, 0.3) is 0 Å². The zero-order chi connectivity index (χ0) is 12.8. The molecule has 9 heteroatoms. The van der Waals surface area contributed by atoms with Crippen molar-refractivity contribution >= 4 is 67.8 Å². The molecule has 0 amide bonds. The minimum Gasteiger partial charge on any atom is -0.379 e. The molecule has 19 heavy (non-hydrogen) atoms. The molecule has 1 aromatic carbocycles. The van der Waals surface area contributed by atoms with E-state index in [4.69, 9.17) is 22.3 Å². The van der Waals surface area contributed by atoms with Gasteiger partial charge >= 0.3 is 0 Å². The molecule has 1 rings (SSSR count). The van der Waals surface area contributed by atoms with Crippen LogP contribution in [0.5, 0.6) is 0 Å². The minimum absolute atomic E-state index is 0. The van der Waals surface area contributed by atoms with Gasteiger partial charge in [0, 0.05) is 11.5 Å². The van der Waals surface area contributed by atoms with E-state index in [2.05, 4.69) is 0 Å². The van der Waals surface area contributed by atoms with Crippen LogP contribution < -0.4 is 11.5 Å². The van der Waals surface area contributed by atoms with E-state index in [0.29, 0.717) is 22.6 Å². The first-order valence-corrected chi connectivity index (χ1v) is 6.67. The van der Waals surface area contributed by atoms with Crippen LogP contribution >= 0.6 is 57.5 Å². The molecule has 0 aliphatic heterocycles. The number of hydrogen-bond acceptors (Lipinski definition) is 4. The molecule has 1 aromatic rings.